The molecule has 0 N–H and O–H groups in total. The number of fused-ring (bicyclic) bond motifs is 4. The third-order valence-corrected chi connectivity index (χ3v) is 9.74. The molecule has 0 saturated carbocycles. The maximum Gasteiger partial charge on any atom is 0.136 e. The van der Waals surface area contributed by atoms with E-state index in [9.17, 15) is 0 Å². The number of para-hydroxylation sites is 1. The van der Waals surface area contributed by atoms with Crippen molar-refractivity contribution < 1.29 is 4.74 Å². The van der Waals surface area contributed by atoms with Gasteiger partial charge in [0.25, 0.3) is 0 Å². The van der Waals surface area contributed by atoms with Crippen molar-refractivity contribution in [2.75, 3.05) is 24.6 Å². The minimum absolute atomic E-state index is 0.595. The molecule has 0 bridgehead atoms. The molecule has 0 saturated heterocycles. The Morgan fingerprint density at radius 2 is 1.60 bits per heavy atom. The van der Waals surface area contributed by atoms with Crippen LogP contribution in [0.5, 0.6) is 5.75 Å². The zero-order valence-electron chi connectivity index (χ0n) is 27.9. The summed E-state index contributed by atoms with van der Waals surface area (Å²) in [6.45, 7) is 14.6. The summed E-state index contributed by atoms with van der Waals surface area (Å²) in [5.74, 6) is 0.904. The summed E-state index contributed by atoms with van der Waals surface area (Å²) in [4.78, 5) is 8.21. The lowest BCUT2D eigenvalue weighted by Crippen LogP contribution is -2.30. The number of anilines is 1. The smallest absolute Gasteiger partial charge is 0.136 e. The van der Waals surface area contributed by atoms with Gasteiger partial charge in [0.1, 0.15) is 11.3 Å². The number of unbranched alkanes of at least 4 members (excludes halogenated alkanes) is 5. The second kappa shape index (κ2) is 13.5. The van der Waals surface area contributed by atoms with Gasteiger partial charge in [-0.25, -0.2) is 0 Å². The van der Waals surface area contributed by atoms with Gasteiger partial charge >= 0.3 is 0 Å². The lowest BCUT2D eigenvalue weighted by molar-refractivity contribution is 0.332. The Hall–Kier alpha value is -4.05. The number of allylic oxidation sites excluding steroid dienone is 2. The molecule has 1 aliphatic carbocycles. The first kappa shape index (κ1) is 31.0. The van der Waals surface area contributed by atoms with Crippen LogP contribution in [-0.4, -0.2) is 30.0 Å². The molecule has 3 aromatic carbocycles. The van der Waals surface area contributed by atoms with Crippen LogP contribution in [0.1, 0.15) is 94.2 Å². The molecule has 0 spiro atoms. The quantitative estimate of drug-likeness (QED) is 0.135. The van der Waals surface area contributed by atoms with Crippen molar-refractivity contribution in [3.8, 4) is 5.75 Å². The van der Waals surface area contributed by atoms with Gasteiger partial charge in [0, 0.05) is 70.2 Å². The van der Waals surface area contributed by atoms with Crippen molar-refractivity contribution in [1.82, 2.24) is 4.57 Å². The van der Waals surface area contributed by atoms with Crippen molar-refractivity contribution in [2.45, 2.75) is 85.2 Å². The summed E-state index contributed by atoms with van der Waals surface area (Å²) in [5, 5.41) is 1.27. The van der Waals surface area contributed by atoms with E-state index < -0.39 is 5.54 Å². The van der Waals surface area contributed by atoms with E-state index in [1.54, 1.807) is 0 Å². The first-order chi connectivity index (χ1) is 22.1. The lowest BCUT2D eigenvalue weighted by Gasteiger charge is -2.34. The first-order valence-corrected chi connectivity index (χ1v) is 17.3. The first-order valence-electron chi connectivity index (χ1n) is 17.3. The normalized spacial score (nSPS) is 16.8. The zero-order valence-corrected chi connectivity index (χ0v) is 27.9. The molecule has 45 heavy (non-hydrogen) atoms. The number of aryl methyl sites for hydroxylation is 1. The minimum atomic E-state index is -0.744. The molecule has 4 aromatic rings. The number of benzene rings is 3. The SMILES string of the molecule is CCCCCCCCn1c(C)c(C2(c3ccc(N(CC)CC)cc3OCC)C=CC3=Cc4ccccc4C3=N2)c2ccccc21. The van der Waals surface area contributed by atoms with Gasteiger partial charge in [-0.2, -0.15) is 0 Å². The van der Waals surface area contributed by atoms with E-state index in [0.717, 1.165) is 36.7 Å². The van der Waals surface area contributed by atoms with Crippen molar-refractivity contribution in [3.63, 3.8) is 0 Å². The maximum atomic E-state index is 6.52. The van der Waals surface area contributed by atoms with Gasteiger partial charge < -0.3 is 14.2 Å². The Balaban J connectivity index is 1.57. The molecular formula is C41H49N3O. The van der Waals surface area contributed by atoms with Crippen LogP contribution in [0.4, 0.5) is 5.69 Å². The maximum absolute atomic E-state index is 6.52. The topological polar surface area (TPSA) is 29.8 Å². The monoisotopic (exact) mass is 599 g/mol. The van der Waals surface area contributed by atoms with E-state index in [0.29, 0.717) is 6.61 Å². The van der Waals surface area contributed by atoms with E-state index in [1.165, 1.54) is 83.1 Å². The highest BCUT2D eigenvalue weighted by atomic mass is 16.5. The third-order valence-electron chi connectivity index (χ3n) is 9.74. The molecule has 1 aromatic heterocycles. The molecule has 4 heteroatoms. The van der Waals surface area contributed by atoms with Crippen molar-refractivity contribution >= 4 is 28.4 Å². The number of rotatable bonds is 14. The summed E-state index contributed by atoms with van der Waals surface area (Å²) >= 11 is 0. The fourth-order valence-corrected chi connectivity index (χ4v) is 7.47. The van der Waals surface area contributed by atoms with E-state index in [1.807, 2.05) is 0 Å². The molecule has 6 rings (SSSR count). The molecule has 2 aliphatic rings. The summed E-state index contributed by atoms with van der Waals surface area (Å²) in [5.41, 5.74) is 10.0. The van der Waals surface area contributed by atoms with Gasteiger partial charge in [0.05, 0.1) is 12.3 Å². The predicted molar refractivity (Wildman–Crippen MR) is 192 cm³/mol. The highest BCUT2D eigenvalue weighted by Crippen LogP contribution is 2.50. The van der Waals surface area contributed by atoms with E-state index >= 15 is 0 Å². The molecule has 1 aliphatic heterocycles. The van der Waals surface area contributed by atoms with Crippen LogP contribution >= 0.6 is 0 Å². The number of aromatic nitrogens is 1. The standard InChI is InChI=1S/C41H49N3O/c1-6-10-11-12-13-18-27-44-30(5)39(35-21-16-17-22-37(35)44)41(26-25-32-28-31-19-14-15-20-34(31)40(32)42-41)36-24-23-33(43(7-2)8-3)29-38(36)45-9-4/h14-17,19-26,28-29H,6-13,18,27H2,1-5H3. The van der Waals surface area contributed by atoms with Gasteiger partial charge in [-0.3, -0.25) is 4.99 Å². The molecule has 0 radical (unpaired) electrons. The largest absolute Gasteiger partial charge is 0.493 e. The third kappa shape index (κ3) is 5.65. The summed E-state index contributed by atoms with van der Waals surface area (Å²) < 4.78 is 9.07. The van der Waals surface area contributed by atoms with Crippen LogP contribution in [0.25, 0.3) is 17.0 Å². The Kier molecular flexibility index (Phi) is 9.30. The average Bonchev–Trinajstić information content (AvgIpc) is 3.57. The average molecular weight is 600 g/mol. The van der Waals surface area contributed by atoms with Gasteiger partial charge in [-0.1, -0.05) is 93.6 Å². The molecule has 234 valence electrons. The number of hydrogen-bond donors (Lipinski definition) is 0. The van der Waals surface area contributed by atoms with E-state index in [4.69, 9.17) is 9.73 Å². The number of ether oxygens (including phenoxy) is 1. The second-order valence-electron chi connectivity index (χ2n) is 12.4. The molecule has 2 heterocycles. The van der Waals surface area contributed by atoms with Crippen LogP contribution in [0, 0.1) is 6.92 Å². The van der Waals surface area contributed by atoms with E-state index in [-0.39, 0.29) is 0 Å². The Morgan fingerprint density at radius 3 is 2.40 bits per heavy atom. The highest BCUT2D eigenvalue weighted by Gasteiger charge is 2.42. The van der Waals surface area contributed by atoms with Gasteiger partial charge in [0.2, 0.25) is 0 Å². The van der Waals surface area contributed by atoms with Crippen LogP contribution in [0.15, 0.2) is 89.4 Å². The number of aliphatic imine (C=N–C) groups is 1. The zero-order chi connectivity index (χ0) is 31.4. The number of nitrogens with zero attached hydrogens (tertiary/aromatic N) is 3. The minimum Gasteiger partial charge on any atom is -0.493 e. The highest BCUT2D eigenvalue weighted by molar-refractivity contribution is 6.23. The van der Waals surface area contributed by atoms with Gasteiger partial charge in [0.15, 0.2) is 0 Å². The van der Waals surface area contributed by atoms with Gasteiger partial charge in [-0.05, 0) is 64.0 Å². The second-order valence-corrected chi connectivity index (χ2v) is 12.4. The molecule has 0 fully saturated rings. The summed E-state index contributed by atoms with van der Waals surface area (Å²) in [6, 6.07) is 24.4. The van der Waals surface area contributed by atoms with Crippen LogP contribution < -0.4 is 9.64 Å². The number of dihydropyridines is 1. The molecule has 0 amide bonds. The summed E-state index contributed by atoms with van der Waals surface area (Å²) in [7, 11) is 0. The van der Waals surface area contributed by atoms with Crippen LogP contribution in [0.2, 0.25) is 0 Å². The van der Waals surface area contributed by atoms with Crippen molar-refractivity contribution in [1.29, 1.82) is 0 Å². The van der Waals surface area contributed by atoms with E-state index in [2.05, 4.69) is 129 Å². The van der Waals surface area contributed by atoms with Crippen molar-refractivity contribution in [3.05, 3.63) is 112 Å². The van der Waals surface area contributed by atoms with Crippen LogP contribution in [0.3, 0.4) is 0 Å². The van der Waals surface area contributed by atoms with Crippen molar-refractivity contribution in [2.24, 2.45) is 4.99 Å². The summed E-state index contributed by atoms with van der Waals surface area (Å²) in [6.07, 6.45) is 14.6. The molecule has 1 atom stereocenters. The lowest BCUT2D eigenvalue weighted by atomic mass is 9.78. The molecule has 4 nitrogen and oxygen atoms in total. The molecule has 1 unspecified atom stereocenters. The van der Waals surface area contributed by atoms with Gasteiger partial charge in [-0.15, -0.1) is 0 Å². The number of hydrogen-bond acceptors (Lipinski definition) is 3. The fourth-order valence-electron chi connectivity index (χ4n) is 7.47. The Bertz CT molecular complexity index is 1750. The predicted octanol–water partition coefficient (Wildman–Crippen LogP) is 10.3. The Labute approximate surface area is 270 Å². The fraction of sp³-hybridized carbons (Fsp3) is 0.390. The Morgan fingerprint density at radius 1 is 0.844 bits per heavy atom. The molecular weight excluding hydrogens is 550 g/mol. The van der Waals surface area contributed by atoms with Crippen LogP contribution in [-0.2, 0) is 12.1 Å².